The SMILES string of the molecule is C=CC(=O)N1CC[C@H](C(=O)N(C)[C@H](C(=O)N[C@H]2C[C@H]3CN(CCO3)c3ncc4c(n3)c(c(-c3cccnc3[C@H](C)OC)n4CC)CC(C)(C)COC(=O)[C@@H](N)CCCNC2=O)C(C)C)C1. The van der Waals surface area contributed by atoms with Gasteiger partial charge in [0.2, 0.25) is 29.6 Å². The summed E-state index contributed by atoms with van der Waals surface area (Å²) in [6.45, 7) is 18.1. The van der Waals surface area contributed by atoms with Gasteiger partial charge in [-0.3, -0.25) is 29.0 Å². The van der Waals surface area contributed by atoms with Gasteiger partial charge in [-0.1, -0.05) is 34.3 Å². The molecule has 3 aromatic heterocycles. The van der Waals surface area contributed by atoms with Crippen LogP contribution in [0.15, 0.2) is 37.2 Å². The second-order valence-electron chi connectivity index (χ2n) is 18.6. The Balaban J connectivity index is 1.34. The number of anilines is 1. The third kappa shape index (κ3) is 11.2. The Kier molecular flexibility index (Phi) is 16.0. The largest absolute Gasteiger partial charge is 0.464 e. The molecule has 2 saturated heterocycles. The minimum absolute atomic E-state index is 0.0968. The quantitative estimate of drug-likeness (QED) is 0.197. The molecule has 2 fully saturated rings. The number of aryl methyl sites for hydroxylation is 1. The maximum Gasteiger partial charge on any atom is 0.322 e. The van der Waals surface area contributed by atoms with Gasteiger partial charge in [-0.05, 0) is 63.7 Å². The van der Waals surface area contributed by atoms with Gasteiger partial charge in [0.25, 0.3) is 0 Å². The molecule has 6 heterocycles. The molecule has 4 bridgehead atoms. The molecule has 354 valence electrons. The van der Waals surface area contributed by atoms with E-state index in [9.17, 15) is 24.0 Å². The Labute approximate surface area is 382 Å². The van der Waals surface area contributed by atoms with Gasteiger partial charge in [0.05, 0.1) is 60.0 Å². The second kappa shape index (κ2) is 21.2. The van der Waals surface area contributed by atoms with E-state index in [1.165, 1.54) is 11.0 Å². The van der Waals surface area contributed by atoms with Crippen LogP contribution in [-0.2, 0) is 51.1 Å². The van der Waals surface area contributed by atoms with E-state index in [0.717, 1.165) is 33.5 Å². The summed E-state index contributed by atoms with van der Waals surface area (Å²) in [6, 6.07) is 1.07. The van der Waals surface area contributed by atoms with E-state index in [2.05, 4.69) is 28.7 Å². The fourth-order valence-electron chi connectivity index (χ4n) is 9.31. The Bertz CT molecular complexity index is 2230. The Hall–Kier alpha value is -5.46. The van der Waals surface area contributed by atoms with Gasteiger partial charge >= 0.3 is 5.97 Å². The first-order valence-corrected chi connectivity index (χ1v) is 22.9. The van der Waals surface area contributed by atoms with Crippen LogP contribution in [0.3, 0.4) is 0 Å². The van der Waals surface area contributed by atoms with Crippen LogP contribution in [0.1, 0.15) is 84.6 Å². The summed E-state index contributed by atoms with van der Waals surface area (Å²) < 4.78 is 20.1. The lowest BCUT2D eigenvalue weighted by Gasteiger charge is -2.36. The van der Waals surface area contributed by atoms with E-state index in [4.69, 9.17) is 34.9 Å². The molecule has 4 N–H and O–H groups in total. The predicted molar refractivity (Wildman–Crippen MR) is 245 cm³/mol. The van der Waals surface area contributed by atoms with Crippen LogP contribution in [0.5, 0.6) is 0 Å². The summed E-state index contributed by atoms with van der Waals surface area (Å²) >= 11 is 0. The van der Waals surface area contributed by atoms with Crippen molar-refractivity contribution < 1.29 is 38.2 Å². The summed E-state index contributed by atoms with van der Waals surface area (Å²) in [4.78, 5) is 87.7. The van der Waals surface area contributed by atoms with E-state index in [0.29, 0.717) is 58.0 Å². The molecule has 0 spiro atoms. The number of ether oxygens (including phenoxy) is 3. The zero-order valence-corrected chi connectivity index (χ0v) is 39.3. The molecule has 0 aliphatic carbocycles. The first-order valence-electron chi connectivity index (χ1n) is 22.9. The van der Waals surface area contributed by atoms with Crippen molar-refractivity contribution in [3.8, 4) is 11.3 Å². The third-order valence-corrected chi connectivity index (χ3v) is 12.8. The number of hydrogen-bond acceptors (Lipinski definition) is 13. The number of cyclic esters (lactones) is 1. The summed E-state index contributed by atoms with van der Waals surface area (Å²) in [5.41, 5.74) is 11.0. The number of carbonyl (C=O) groups excluding carboxylic acids is 5. The second-order valence-corrected chi connectivity index (χ2v) is 18.6. The highest BCUT2D eigenvalue weighted by atomic mass is 16.5. The van der Waals surface area contributed by atoms with E-state index in [-0.39, 0.29) is 56.4 Å². The zero-order valence-electron chi connectivity index (χ0n) is 39.3. The molecule has 0 unspecified atom stereocenters. The molecule has 0 saturated carbocycles. The number of methoxy groups -OCH3 is 1. The number of aromatic nitrogens is 4. The lowest BCUT2D eigenvalue weighted by Crippen LogP contribution is -2.58. The molecule has 18 heteroatoms. The highest BCUT2D eigenvalue weighted by molar-refractivity contribution is 5.94. The average molecular weight is 901 g/mol. The third-order valence-electron chi connectivity index (χ3n) is 12.8. The van der Waals surface area contributed by atoms with Crippen LogP contribution in [-0.4, -0.2) is 143 Å². The van der Waals surface area contributed by atoms with Crippen molar-refractivity contribution in [2.24, 2.45) is 23.0 Å². The summed E-state index contributed by atoms with van der Waals surface area (Å²) in [5, 5.41) is 5.90. The van der Waals surface area contributed by atoms with Gasteiger partial charge in [0, 0.05) is 82.6 Å². The molecule has 0 aromatic carbocycles. The van der Waals surface area contributed by atoms with E-state index >= 15 is 0 Å². The maximum atomic E-state index is 14.3. The van der Waals surface area contributed by atoms with Crippen molar-refractivity contribution in [3.05, 3.63) is 48.4 Å². The predicted octanol–water partition coefficient (Wildman–Crippen LogP) is 3.17. The molecular formula is C47H68N10O8. The molecule has 4 amide bonds. The number of hydrogen-bond donors (Lipinski definition) is 3. The van der Waals surface area contributed by atoms with Crippen molar-refractivity contribution in [3.63, 3.8) is 0 Å². The van der Waals surface area contributed by atoms with Crippen molar-refractivity contribution >= 4 is 46.6 Å². The van der Waals surface area contributed by atoms with E-state index in [1.807, 2.05) is 57.8 Å². The molecule has 18 nitrogen and oxygen atoms in total. The van der Waals surface area contributed by atoms with Crippen LogP contribution in [0, 0.1) is 17.3 Å². The number of morpholine rings is 1. The number of amides is 4. The number of likely N-dealkylation sites (tertiary alicyclic amines) is 1. The van der Waals surface area contributed by atoms with E-state index < -0.39 is 53.3 Å². The van der Waals surface area contributed by atoms with Gasteiger partial charge in [0.1, 0.15) is 18.1 Å². The topological polar surface area (TPSA) is 216 Å². The zero-order chi connectivity index (χ0) is 47.2. The number of rotatable bonds is 10. The number of pyridine rings is 1. The average Bonchev–Trinajstić information content (AvgIpc) is 3.91. The molecule has 0 radical (unpaired) electrons. The molecule has 3 aliphatic heterocycles. The number of esters is 1. The van der Waals surface area contributed by atoms with Gasteiger partial charge < -0.3 is 49.8 Å². The number of nitrogens with zero attached hydrogens (tertiary/aromatic N) is 7. The van der Waals surface area contributed by atoms with E-state index in [1.54, 1.807) is 25.3 Å². The smallest absolute Gasteiger partial charge is 0.322 e. The number of nitrogens with one attached hydrogen (secondary N) is 2. The van der Waals surface area contributed by atoms with Gasteiger partial charge in [-0.15, -0.1) is 0 Å². The van der Waals surface area contributed by atoms with Crippen LogP contribution >= 0.6 is 0 Å². The molecule has 6 rings (SSSR count). The van der Waals surface area contributed by atoms with Crippen LogP contribution < -0.4 is 21.3 Å². The molecular weight excluding hydrogens is 833 g/mol. The lowest BCUT2D eigenvalue weighted by molar-refractivity contribution is -0.148. The highest BCUT2D eigenvalue weighted by Crippen LogP contribution is 2.40. The summed E-state index contributed by atoms with van der Waals surface area (Å²) in [6.07, 6.45) is 5.73. The van der Waals surface area contributed by atoms with Crippen LogP contribution in [0.2, 0.25) is 0 Å². The monoisotopic (exact) mass is 901 g/mol. The Morgan fingerprint density at radius 3 is 2.63 bits per heavy atom. The van der Waals surface area contributed by atoms with Crippen LogP contribution in [0.25, 0.3) is 22.3 Å². The molecule has 65 heavy (non-hydrogen) atoms. The molecule has 3 aromatic rings. The normalized spacial score (nSPS) is 23.1. The number of likely N-dealkylation sites (N-methyl/N-ethyl adjacent to an activating group) is 1. The molecule has 3 aliphatic rings. The first-order chi connectivity index (χ1) is 31.0. The standard InChI is InChI=1S/C47H68N10O8/c1-10-37(58)55-19-16-30(25-55)44(61)54(8)40(28(3)4)43(60)52-35-22-31-26-56(20-21-64-31)46-51-24-36-39(53-46)33(41(57(36)11-2)32-14-12-17-49-38(32)29(5)63-9)23-47(6,7)27-65-45(62)34(48)15-13-18-50-42(35)59/h10,12,14,17,24,28-31,34-35,40H,1,11,13,15-16,18-23,25-27,48H2,2-9H3,(H,50,59)(H,52,60)/t29-,30-,31-,34-,35-,40-/m0/s1. The van der Waals surface area contributed by atoms with Gasteiger partial charge in [-0.25, -0.2) is 9.97 Å². The summed E-state index contributed by atoms with van der Waals surface area (Å²) in [7, 11) is 3.25. The van der Waals surface area contributed by atoms with Gasteiger partial charge in [-0.2, -0.15) is 0 Å². The summed E-state index contributed by atoms with van der Waals surface area (Å²) in [5.74, 6) is -2.26. The number of fused-ring (bicyclic) bond motifs is 4. The maximum absolute atomic E-state index is 14.3. The van der Waals surface area contributed by atoms with Crippen molar-refractivity contribution in [2.45, 2.75) is 111 Å². The minimum atomic E-state index is -1.05. The van der Waals surface area contributed by atoms with Gasteiger partial charge in [0.15, 0.2) is 0 Å². The Morgan fingerprint density at radius 1 is 1.15 bits per heavy atom. The van der Waals surface area contributed by atoms with Crippen molar-refractivity contribution in [1.29, 1.82) is 0 Å². The van der Waals surface area contributed by atoms with Crippen LogP contribution in [0.4, 0.5) is 5.95 Å². The first kappa shape index (κ1) is 49.0. The highest BCUT2D eigenvalue weighted by Gasteiger charge is 2.39. The lowest BCUT2D eigenvalue weighted by atomic mass is 9.85. The minimum Gasteiger partial charge on any atom is -0.464 e. The fourth-order valence-corrected chi connectivity index (χ4v) is 9.31. The fraction of sp³-hybridized carbons (Fsp3) is 0.617. The van der Waals surface area contributed by atoms with Crippen molar-refractivity contribution in [2.75, 3.05) is 65.0 Å². The number of nitrogens with two attached hydrogens (primary N) is 1. The van der Waals surface area contributed by atoms with Crippen molar-refractivity contribution in [1.82, 2.24) is 40.0 Å². The Morgan fingerprint density at radius 2 is 1.92 bits per heavy atom. The number of carbonyl (C=O) groups is 5. The molecule has 6 atom stereocenters.